The maximum Gasteiger partial charge on any atom is 0.314 e. The lowest BCUT2D eigenvalue weighted by molar-refractivity contribution is -0.147. The van der Waals surface area contributed by atoms with Crippen LogP contribution in [0.4, 0.5) is 5.69 Å². The topological polar surface area (TPSA) is 84.5 Å². The molecule has 0 spiro atoms. The molecule has 2 amide bonds. The molecule has 6 heteroatoms. The summed E-state index contributed by atoms with van der Waals surface area (Å²) < 4.78 is 5.28. The molecule has 0 saturated heterocycles. The fourth-order valence-corrected chi connectivity index (χ4v) is 3.17. The summed E-state index contributed by atoms with van der Waals surface area (Å²) in [6, 6.07) is 15.3. The van der Waals surface area contributed by atoms with Crippen molar-refractivity contribution < 1.29 is 19.1 Å². The van der Waals surface area contributed by atoms with Crippen LogP contribution in [0.3, 0.4) is 0 Å². The van der Waals surface area contributed by atoms with Crippen molar-refractivity contribution in [3.05, 3.63) is 65.2 Å². The molecule has 2 aromatic carbocycles. The van der Waals surface area contributed by atoms with Crippen molar-refractivity contribution in [2.45, 2.75) is 32.1 Å². The maximum atomic E-state index is 12.4. The lowest BCUT2D eigenvalue weighted by Gasteiger charge is -2.24. The second kappa shape index (κ2) is 9.17. The van der Waals surface area contributed by atoms with Gasteiger partial charge >= 0.3 is 5.97 Å². The quantitative estimate of drug-likeness (QED) is 0.571. The SMILES string of the molecule is Cc1ccc(CCC(=O)NCCOC(=O)C2CC(=O)Nc3ccccc32)cc1. The zero-order valence-corrected chi connectivity index (χ0v) is 15.9. The van der Waals surface area contributed by atoms with Gasteiger partial charge in [0.2, 0.25) is 11.8 Å². The van der Waals surface area contributed by atoms with Gasteiger partial charge in [0.1, 0.15) is 6.61 Å². The zero-order valence-electron chi connectivity index (χ0n) is 15.9. The Labute approximate surface area is 164 Å². The van der Waals surface area contributed by atoms with Crippen LogP contribution in [0.15, 0.2) is 48.5 Å². The number of para-hydroxylation sites is 1. The molecular weight excluding hydrogens is 356 g/mol. The lowest BCUT2D eigenvalue weighted by atomic mass is 9.91. The average Bonchev–Trinajstić information content (AvgIpc) is 2.70. The van der Waals surface area contributed by atoms with Crippen LogP contribution in [0.25, 0.3) is 0 Å². The van der Waals surface area contributed by atoms with E-state index >= 15 is 0 Å². The van der Waals surface area contributed by atoms with Gasteiger partial charge in [-0.25, -0.2) is 0 Å². The van der Waals surface area contributed by atoms with Gasteiger partial charge in [-0.05, 0) is 30.5 Å². The summed E-state index contributed by atoms with van der Waals surface area (Å²) in [5.74, 6) is -1.34. The summed E-state index contributed by atoms with van der Waals surface area (Å²) in [4.78, 5) is 36.1. The average molecular weight is 380 g/mol. The van der Waals surface area contributed by atoms with Gasteiger partial charge in [0.15, 0.2) is 0 Å². The number of benzene rings is 2. The molecule has 0 aliphatic carbocycles. The minimum Gasteiger partial charge on any atom is -0.463 e. The van der Waals surface area contributed by atoms with Crippen molar-refractivity contribution in [3.8, 4) is 0 Å². The Morgan fingerprint density at radius 3 is 2.68 bits per heavy atom. The number of esters is 1. The molecule has 1 atom stereocenters. The molecule has 2 N–H and O–H groups in total. The van der Waals surface area contributed by atoms with Gasteiger partial charge in [0.25, 0.3) is 0 Å². The van der Waals surface area contributed by atoms with Gasteiger partial charge in [-0.1, -0.05) is 48.0 Å². The fraction of sp³-hybridized carbons (Fsp3) is 0.318. The van der Waals surface area contributed by atoms with Gasteiger partial charge in [-0.15, -0.1) is 0 Å². The smallest absolute Gasteiger partial charge is 0.314 e. The van der Waals surface area contributed by atoms with Crippen LogP contribution in [-0.4, -0.2) is 30.9 Å². The molecule has 1 aliphatic heterocycles. The predicted octanol–water partition coefficient (Wildman–Crippen LogP) is 2.71. The first kappa shape index (κ1) is 19.6. The first-order valence-corrected chi connectivity index (χ1v) is 9.40. The van der Waals surface area contributed by atoms with E-state index in [0.29, 0.717) is 18.5 Å². The minimum atomic E-state index is -0.609. The summed E-state index contributed by atoms with van der Waals surface area (Å²) in [7, 11) is 0. The standard InChI is InChI=1S/C22H24N2O4/c1-15-6-8-16(9-7-15)10-11-20(25)23-12-13-28-22(27)18-14-21(26)24-19-5-3-2-4-17(18)19/h2-9,18H,10-14H2,1H3,(H,23,25)(H,24,26). The summed E-state index contributed by atoms with van der Waals surface area (Å²) in [5.41, 5.74) is 3.70. The van der Waals surface area contributed by atoms with Gasteiger partial charge in [-0.2, -0.15) is 0 Å². The van der Waals surface area contributed by atoms with E-state index in [4.69, 9.17) is 4.74 Å². The van der Waals surface area contributed by atoms with E-state index in [0.717, 1.165) is 11.1 Å². The third-order valence-corrected chi connectivity index (χ3v) is 4.71. The van der Waals surface area contributed by atoms with E-state index in [1.165, 1.54) is 5.56 Å². The summed E-state index contributed by atoms with van der Waals surface area (Å²) in [6.07, 6.45) is 1.12. The number of amides is 2. The van der Waals surface area contributed by atoms with Crippen LogP contribution in [0.2, 0.25) is 0 Å². The second-order valence-corrected chi connectivity index (χ2v) is 6.90. The summed E-state index contributed by atoms with van der Waals surface area (Å²) in [6.45, 7) is 2.35. The van der Waals surface area contributed by atoms with Crippen LogP contribution >= 0.6 is 0 Å². The number of hydrogen-bond donors (Lipinski definition) is 2. The van der Waals surface area contributed by atoms with E-state index in [1.807, 2.05) is 43.3 Å². The van der Waals surface area contributed by atoms with Gasteiger partial charge in [0.05, 0.1) is 12.5 Å². The number of ether oxygens (including phenoxy) is 1. The van der Waals surface area contributed by atoms with Gasteiger partial charge in [0, 0.05) is 18.5 Å². The van der Waals surface area contributed by atoms with Crippen LogP contribution in [0.1, 0.15) is 35.4 Å². The van der Waals surface area contributed by atoms with Crippen LogP contribution in [-0.2, 0) is 25.5 Å². The van der Waals surface area contributed by atoms with Gasteiger partial charge in [-0.3, -0.25) is 14.4 Å². The number of carbonyl (C=O) groups is 3. The summed E-state index contributed by atoms with van der Waals surface area (Å²) in [5, 5.41) is 5.51. The van der Waals surface area contributed by atoms with E-state index < -0.39 is 11.9 Å². The Morgan fingerprint density at radius 2 is 1.89 bits per heavy atom. The maximum absolute atomic E-state index is 12.4. The third kappa shape index (κ3) is 5.19. The molecule has 3 rings (SSSR count). The molecule has 0 bridgehead atoms. The fourth-order valence-electron chi connectivity index (χ4n) is 3.17. The number of aryl methyl sites for hydroxylation is 2. The zero-order chi connectivity index (χ0) is 19.9. The molecule has 0 saturated carbocycles. The normalized spacial score (nSPS) is 15.3. The minimum absolute atomic E-state index is 0.0682. The van der Waals surface area contributed by atoms with Crippen molar-refractivity contribution in [1.29, 1.82) is 0 Å². The number of carbonyl (C=O) groups excluding carboxylic acids is 3. The summed E-state index contributed by atoms with van der Waals surface area (Å²) >= 11 is 0. The van der Waals surface area contributed by atoms with E-state index in [-0.39, 0.29) is 31.4 Å². The highest BCUT2D eigenvalue weighted by Crippen LogP contribution is 2.32. The number of nitrogens with one attached hydrogen (secondary N) is 2. The van der Waals surface area contributed by atoms with Crippen molar-refractivity contribution in [3.63, 3.8) is 0 Å². The van der Waals surface area contributed by atoms with Crippen LogP contribution in [0.5, 0.6) is 0 Å². The molecule has 0 fully saturated rings. The Morgan fingerprint density at radius 1 is 1.14 bits per heavy atom. The highest BCUT2D eigenvalue weighted by Gasteiger charge is 2.31. The number of fused-ring (bicyclic) bond motifs is 1. The van der Waals surface area contributed by atoms with Crippen molar-refractivity contribution in [1.82, 2.24) is 5.32 Å². The molecule has 0 aromatic heterocycles. The number of rotatable bonds is 7. The lowest BCUT2D eigenvalue weighted by Crippen LogP contribution is -2.31. The number of anilines is 1. The Hall–Kier alpha value is -3.15. The molecule has 0 radical (unpaired) electrons. The van der Waals surface area contributed by atoms with Crippen molar-refractivity contribution in [2.75, 3.05) is 18.5 Å². The Balaban J connectivity index is 1.40. The van der Waals surface area contributed by atoms with E-state index in [9.17, 15) is 14.4 Å². The molecule has 1 unspecified atom stereocenters. The molecule has 146 valence electrons. The third-order valence-electron chi connectivity index (χ3n) is 4.71. The van der Waals surface area contributed by atoms with Gasteiger partial charge < -0.3 is 15.4 Å². The van der Waals surface area contributed by atoms with E-state index in [2.05, 4.69) is 10.6 Å². The molecule has 2 aromatic rings. The van der Waals surface area contributed by atoms with Crippen LogP contribution in [0, 0.1) is 6.92 Å². The predicted molar refractivity (Wildman–Crippen MR) is 106 cm³/mol. The second-order valence-electron chi connectivity index (χ2n) is 6.90. The highest BCUT2D eigenvalue weighted by atomic mass is 16.5. The first-order chi connectivity index (χ1) is 13.5. The first-order valence-electron chi connectivity index (χ1n) is 9.40. The molecular formula is C22H24N2O4. The molecule has 28 heavy (non-hydrogen) atoms. The van der Waals surface area contributed by atoms with Crippen molar-refractivity contribution in [2.24, 2.45) is 0 Å². The highest BCUT2D eigenvalue weighted by molar-refractivity contribution is 5.99. The van der Waals surface area contributed by atoms with Crippen molar-refractivity contribution >= 4 is 23.5 Å². The molecule has 1 heterocycles. The van der Waals surface area contributed by atoms with E-state index in [1.54, 1.807) is 12.1 Å². The largest absolute Gasteiger partial charge is 0.463 e. The molecule has 6 nitrogen and oxygen atoms in total. The monoisotopic (exact) mass is 380 g/mol. The number of hydrogen-bond acceptors (Lipinski definition) is 4. The molecule has 1 aliphatic rings. The Bertz CT molecular complexity index is 861. The van der Waals surface area contributed by atoms with Crippen LogP contribution < -0.4 is 10.6 Å². The Kier molecular flexibility index (Phi) is 6.42.